The number of benzene rings is 2. The first kappa shape index (κ1) is 38.4. The number of H-pyrrole nitrogens is 1. The lowest BCUT2D eigenvalue weighted by Gasteiger charge is -2.67. The van der Waals surface area contributed by atoms with Gasteiger partial charge in [0.15, 0.2) is 17.5 Å². The molecule has 5 fully saturated rings. The van der Waals surface area contributed by atoms with Crippen LogP contribution in [0, 0.1) is 35.0 Å². The molecular weight excluding hydrogens is 815 g/mol. The van der Waals surface area contributed by atoms with Gasteiger partial charge >= 0.3 is 0 Å². The largest absolute Gasteiger partial charge is 0.507 e. The number of nitrogens with one attached hydrogen (secondary N) is 2. The fourth-order valence-corrected chi connectivity index (χ4v) is 16.6. The summed E-state index contributed by atoms with van der Waals surface area (Å²) in [5.74, 6) is -4.18. The highest BCUT2D eigenvalue weighted by Crippen LogP contribution is 2.78. The van der Waals surface area contributed by atoms with Crippen molar-refractivity contribution in [3.8, 4) is 11.5 Å². The molecule has 13 heteroatoms. The Balaban J connectivity index is 1.12. The van der Waals surface area contributed by atoms with E-state index >= 15 is 4.79 Å². The van der Waals surface area contributed by atoms with Crippen molar-refractivity contribution in [2.45, 2.75) is 125 Å². The predicted molar refractivity (Wildman–Crippen MR) is 231 cm³/mol. The molecule has 4 saturated carbocycles. The number of nitrogens with zero attached hydrogens (tertiary/aromatic N) is 1. The molecule has 0 amide bonds. The summed E-state index contributed by atoms with van der Waals surface area (Å²) in [4.78, 5) is 38.2. The lowest BCUT2D eigenvalue weighted by atomic mass is 9.43. The van der Waals surface area contributed by atoms with Crippen molar-refractivity contribution in [2.75, 3.05) is 11.9 Å². The van der Waals surface area contributed by atoms with E-state index in [1.54, 1.807) is 37.4 Å². The Bertz CT molecular complexity index is 2910. The number of aliphatic hydroxyl groups excluding tert-OH is 5. The molecule has 0 radical (unpaired) electrons. The monoisotopic (exact) mass is 865 g/mol. The molecular formula is C51H51N3O10. The molecule has 12 atom stereocenters. The molecule has 64 heavy (non-hydrogen) atoms. The number of phenolic OH excluding ortho intramolecular Hbond substituents is 1. The first-order valence-electron chi connectivity index (χ1n) is 23.4. The average molecular weight is 866 g/mol. The Morgan fingerprint density at radius 1 is 0.844 bits per heavy atom. The number of aromatic nitrogens is 2. The molecule has 1 saturated heterocycles. The number of rotatable bonds is 0. The molecule has 330 valence electrons. The van der Waals surface area contributed by atoms with Crippen LogP contribution < -0.4 is 10.1 Å². The van der Waals surface area contributed by atoms with Gasteiger partial charge in [0.1, 0.15) is 29.5 Å². The highest BCUT2D eigenvalue weighted by Gasteiger charge is 2.79. The normalized spacial score (nSPS) is 40.3. The summed E-state index contributed by atoms with van der Waals surface area (Å²) in [7, 11) is 0. The molecule has 11 aliphatic rings. The van der Waals surface area contributed by atoms with Crippen molar-refractivity contribution < 1.29 is 49.7 Å². The molecule has 13 nitrogen and oxygen atoms in total. The summed E-state index contributed by atoms with van der Waals surface area (Å²) >= 11 is 0. The number of ether oxygens (including phenoxy) is 2. The van der Waals surface area contributed by atoms with Crippen LogP contribution in [0.25, 0.3) is 16.3 Å². The molecule has 5 spiro atoms. The molecule has 8 bridgehead atoms. The first-order valence-corrected chi connectivity index (χ1v) is 23.4. The zero-order chi connectivity index (χ0) is 43.6. The van der Waals surface area contributed by atoms with Crippen molar-refractivity contribution in [3.63, 3.8) is 0 Å². The zero-order valence-corrected chi connectivity index (χ0v) is 35.5. The molecule has 4 aliphatic heterocycles. The molecule has 2 aromatic carbocycles. The van der Waals surface area contributed by atoms with E-state index in [1.165, 1.54) is 6.07 Å². The van der Waals surface area contributed by atoms with Gasteiger partial charge in [-0.15, -0.1) is 0 Å². The topological polar surface area (TPSA) is 215 Å². The van der Waals surface area contributed by atoms with Crippen LogP contribution in [0.15, 0.2) is 59.9 Å². The van der Waals surface area contributed by atoms with Crippen molar-refractivity contribution in [1.29, 1.82) is 0 Å². The molecule has 6 heterocycles. The van der Waals surface area contributed by atoms with Crippen LogP contribution in [-0.2, 0) is 4.74 Å². The summed E-state index contributed by atoms with van der Waals surface area (Å²) in [6, 6.07) is 8.26. The number of carbonyl (C=O) groups is 2. The highest BCUT2D eigenvalue weighted by atomic mass is 16.7. The van der Waals surface area contributed by atoms with Gasteiger partial charge in [0.25, 0.3) is 5.79 Å². The number of phenols is 1. The Kier molecular flexibility index (Phi) is 7.26. The zero-order valence-electron chi connectivity index (χ0n) is 35.5. The third-order valence-corrected chi connectivity index (χ3v) is 18.8. The van der Waals surface area contributed by atoms with E-state index in [0.717, 1.165) is 68.9 Å². The van der Waals surface area contributed by atoms with Gasteiger partial charge in [-0.05, 0) is 152 Å². The quantitative estimate of drug-likeness (QED) is 0.0974. The number of aliphatic hydroxyl groups is 5. The fourth-order valence-electron chi connectivity index (χ4n) is 16.6. The standard InChI is InChI=1S/C51H51N3O10/c1-22-16-27-34(31(55)17-22)41(58)36-32-18-26-24(35(36)40(27)57)8-15-53-45(26)54-20-33(56)50-23-4-6-29(50)25-9-14-52-39(25)28-19-49(63-32)43(60)42(59)44(61)51(64-49)37(28)38(50)30(7-5-23)48(46(51)62)13-12-47(21-48)10-2-3-11-47/h8-9,14-19,23,29-30,33,42-44,46,52,55-56,59-62H,2-7,10-13,20-21H2,1H3,(H,53,54). The second kappa shape index (κ2) is 12.1. The fraction of sp³-hybridized carbons (Fsp3) is 0.510. The van der Waals surface area contributed by atoms with E-state index in [1.807, 2.05) is 6.20 Å². The van der Waals surface area contributed by atoms with E-state index in [4.69, 9.17) is 14.5 Å². The van der Waals surface area contributed by atoms with Gasteiger partial charge < -0.3 is 50.4 Å². The van der Waals surface area contributed by atoms with Crippen molar-refractivity contribution in [3.05, 3.63) is 99.0 Å². The van der Waals surface area contributed by atoms with Crippen LogP contribution >= 0.6 is 0 Å². The van der Waals surface area contributed by atoms with Crippen molar-refractivity contribution >= 4 is 33.7 Å². The number of hydrogen-bond acceptors (Lipinski definition) is 12. The van der Waals surface area contributed by atoms with Crippen molar-refractivity contribution in [2.24, 2.45) is 28.1 Å². The van der Waals surface area contributed by atoms with Gasteiger partial charge in [0, 0.05) is 57.5 Å². The smallest absolute Gasteiger partial charge is 0.261 e. The maximum Gasteiger partial charge on any atom is 0.261 e. The Labute approximate surface area is 368 Å². The molecule has 8 N–H and O–H groups in total. The number of hydrogen-bond donors (Lipinski definition) is 8. The summed E-state index contributed by atoms with van der Waals surface area (Å²) in [6.07, 6.45) is 6.66. The third-order valence-electron chi connectivity index (χ3n) is 18.8. The van der Waals surface area contributed by atoms with Gasteiger partial charge in [-0.2, -0.15) is 0 Å². The number of aromatic hydroxyl groups is 1. The summed E-state index contributed by atoms with van der Waals surface area (Å²) in [6.45, 7) is 1.78. The van der Waals surface area contributed by atoms with Gasteiger partial charge in [0.2, 0.25) is 5.78 Å². The number of pyridine rings is 1. The Hall–Kier alpha value is -4.89. The molecule has 7 aliphatic carbocycles. The molecule has 2 aromatic heterocycles. The SMILES string of the molecule is Cc1cc(O)c2c(c1)C(=O)c1c(c3cc4c(nccc14)NCC(O)C14C5=C6C7=CC8(O3)OC6(C(O)C(O)C8O)C(O)C3(CCC6(CCCC6)C3)C5CCC1CCC4c1cc[nH]c17)C2=O. The Morgan fingerprint density at radius 3 is 2.45 bits per heavy atom. The minimum Gasteiger partial charge on any atom is -0.507 e. The lowest BCUT2D eigenvalue weighted by Crippen LogP contribution is -2.80. The van der Waals surface area contributed by atoms with Crippen LogP contribution in [0.3, 0.4) is 0 Å². The Morgan fingerprint density at radius 2 is 1.64 bits per heavy atom. The average Bonchev–Trinajstić information content (AvgIpc) is 4.10. The first-order chi connectivity index (χ1) is 30.8. The second-order valence-corrected chi connectivity index (χ2v) is 21.3. The van der Waals surface area contributed by atoms with E-state index in [-0.39, 0.29) is 63.5 Å². The number of carbonyl (C=O) groups excluding carboxylic acids is 2. The second-order valence-electron chi connectivity index (χ2n) is 21.3. The van der Waals surface area contributed by atoms with Gasteiger partial charge in [-0.1, -0.05) is 12.8 Å². The number of aromatic amines is 1. The van der Waals surface area contributed by atoms with Crippen LogP contribution in [0.4, 0.5) is 5.82 Å². The minimum atomic E-state index is -2.38. The maximum absolute atomic E-state index is 15.0. The number of anilines is 1. The maximum atomic E-state index is 15.0. The predicted octanol–water partition coefficient (Wildman–Crippen LogP) is 5.47. The van der Waals surface area contributed by atoms with E-state index in [2.05, 4.69) is 16.4 Å². The summed E-state index contributed by atoms with van der Waals surface area (Å²) in [5.41, 5.74) is 0.116. The minimum absolute atomic E-state index is 0.00180. The van der Waals surface area contributed by atoms with Crippen LogP contribution in [0.5, 0.6) is 11.5 Å². The third kappa shape index (κ3) is 4.15. The van der Waals surface area contributed by atoms with Crippen LogP contribution in [-0.4, -0.2) is 101 Å². The molecule has 12 unspecified atom stereocenters. The van der Waals surface area contributed by atoms with E-state index in [9.17, 15) is 35.4 Å². The van der Waals surface area contributed by atoms with Crippen LogP contribution in [0.2, 0.25) is 0 Å². The number of aryl methyl sites for hydroxylation is 1. The van der Waals surface area contributed by atoms with Crippen molar-refractivity contribution in [1.82, 2.24) is 9.97 Å². The summed E-state index contributed by atoms with van der Waals surface area (Å²) in [5, 5.41) is 80.9. The highest BCUT2D eigenvalue weighted by molar-refractivity contribution is 6.34. The summed E-state index contributed by atoms with van der Waals surface area (Å²) < 4.78 is 14.5. The molecule has 4 aromatic rings. The van der Waals surface area contributed by atoms with Gasteiger partial charge in [-0.3, -0.25) is 9.59 Å². The van der Waals surface area contributed by atoms with Gasteiger partial charge in [0.05, 0.1) is 23.3 Å². The van der Waals surface area contributed by atoms with Crippen LogP contribution in [0.1, 0.15) is 125 Å². The number of ketones is 2. The van der Waals surface area contributed by atoms with E-state index < -0.39 is 64.3 Å². The molecule has 15 rings (SSSR count). The number of fused-ring (bicyclic) bond motifs is 8. The van der Waals surface area contributed by atoms with E-state index in [0.29, 0.717) is 51.8 Å². The van der Waals surface area contributed by atoms with Gasteiger partial charge in [-0.25, -0.2) is 4.98 Å². The lowest BCUT2D eigenvalue weighted by molar-refractivity contribution is -0.369.